The molecule has 0 aliphatic rings. The highest BCUT2D eigenvalue weighted by atomic mass is 32.2. The zero-order valence-electron chi connectivity index (χ0n) is 13.7. The van der Waals surface area contributed by atoms with Gasteiger partial charge >= 0.3 is 12.1 Å². The molecule has 0 saturated carbocycles. The molecule has 2 N–H and O–H groups in total. The predicted molar refractivity (Wildman–Crippen MR) is 88.5 cm³/mol. The summed E-state index contributed by atoms with van der Waals surface area (Å²) >= 11 is 0. The van der Waals surface area contributed by atoms with Gasteiger partial charge in [0.2, 0.25) is 10.0 Å². The summed E-state index contributed by atoms with van der Waals surface area (Å²) in [5.74, 6) is -1.25. The second kappa shape index (κ2) is 7.46. The molecule has 0 heterocycles. The van der Waals surface area contributed by atoms with Crippen LogP contribution in [0.25, 0.3) is 0 Å². The number of carbonyl (C=O) groups is 1. The fraction of sp³-hybridized carbons (Fsp3) is 0.235. The van der Waals surface area contributed by atoms with Crippen molar-refractivity contribution in [3.05, 3.63) is 64.7 Å². The fourth-order valence-corrected chi connectivity index (χ4v) is 3.37. The summed E-state index contributed by atoms with van der Waals surface area (Å²) in [6, 6.07) is 8.32. The SMILES string of the molecule is Cc1ccc(S(=O)(=O)NCCc2cccc(C(F)(F)F)c2)cc1C(=O)O. The maximum Gasteiger partial charge on any atom is 0.416 e. The highest BCUT2D eigenvalue weighted by molar-refractivity contribution is 7.89. The van der Waals surface area contributed by atoms with Gasteiger partial charge < -0.3 is 5.11 Å². The number of carboxylic acids is 1. The first-order valence-corrected chi connectivity index (χ1v) is 8.99. The lowest BCUT2D eigenvalue weighted by Crippen LogP contribution is -2.26. The average Bonchev–Trinajstić information content (AvgIpc) is 2.54. The summed E-state index contributed by atoms with van der Waals surface area (Å²) in [6.45, 7) is 1.42. The normalized spacial score (nSPS) is 12.2. The number of alkyl halides is 3. The van der Waals surface area contributed by atoms with Crippen molar-refractivity contribution in [2.75, 3.05) is 6.54 Å². The Morgan fingerprint density at radius 3 is 2.46 bits per heavy atom. The van der Waals surface area contributed by atoms with Gasteiger partial charge in [-0.25, -0.2) is 17.9 Å². The van der Waals surface area contributed by atoms with E-state index in [0.29, 0.717) is 11.1 Å². The number of rotatable bonds is 6. The molecule has 0 bridgehead atoms. The first-order chi connectivity index (χ1) is 12.0. The molecule has 2 aromatic carbocycles. The van der Waals surface area contributed by atoms with Gasteiger partial charge in [-0.2, -0.15) is 13.2 Å². The lowest BCUT2D eigenvalue weighted by molar-refractivity contribution is -0.137. The van der Waals surface area contributed by atoms with Crippen LogP contribution in [0.1, 0.15) is 27.0 Å². The summed E-state index contributed by atoms with van der Waals surface area (Å²) in [4.78, 5) is 10.9. The predicted octanol–water partition coefficient (Wildman–Crippen LogP) is 3.23. The van der Waals surface area contributed by atoms with Crippen LogP contribution in [-0.4, -0.2) is 26.0 Å². The molecule has 0 atom stereocenters. The second-order valence-electron chi connectivity index (χ2n) is 5.63. The summed E-state index contributed by atoms with van der Waals surface area (Å²) in [5.41, 5.74) is -0.189. The minimum absolute atomic E-state index is 0.0563. The number of carboxylic acid groups (broad SMARTS) is 1. The average molecular weight is 387 g/mol. The molecule has 0 fully saturated rings. The third kappa shape index (κ3) is 4.83. The largest absolute Gasteiger partial charge is 0.478 e. The molecule has 0 amide bonds. The van der Waals surface area contributed by atoms with Crippen LogP contribution in [0.3, 0.4) is 0 Å². The Bertz CT molecular complexity index is 924. The summed E-state index contributed by atoms with van der Waals surface area (Å²) < 4.78 is 64.8. The minimum atomic E-state index is -4.47. The van der Waals surface area contributed by atoms with Gasteiger partial charge in [0.15, 0.2) is 0 Å². The van der Waals surface area contributed by atoms with Crippen molar-refractivity contribution in [3.63, 3.8) is 0 Å². The second-order valence-corrected chi connectivity index (χ2v) is 7.39. The zero-order valence-corrected chi connectivity index (χ0v) is 14.5. The number of hydrogen-bond donors (Lipinski definition) is 2. The van der Waals surface area contributed by atoms with Crippen LogP contribution >= 0.6 is 0 Å². The van der Waals surface area contributed by atoms with Crippen LogP contribution in [0.5, 0.6) is 0 Å². The molecule has 0 aliphatic heterocycles. The van der Waals surface area contributed by atoms with E-state index in [2.05, 4.69) is 4.72 Å². The van der Waals surface area contributed by atoms with Crippen molar-refractivity contribution in [1.82, 2.24) is 4.72 Å². The molecule has 5 nitrogen and oxygen atoms in total. The maximum absolute atomic E-state index is 12.7. The van der Waals surface area contributed by atoms with E-state index in [4.69, 9.17) is 5.11 Å². The van der Waals surface area contributed by atoms with Gasteiger partial charge in [0.05, 0.1) is 16.0 Å². The van der Waals surface area contributed by atoms with Crippen molar-refractivity contribution >= 4 is 16.0 Å². The topological polar surface area (TPSA) is 83.5 Å². The third-order valence-corrected chi connectivity index (χ3v) is 5.17. The summed E-state index contributed by atoms with van der Waals surface area (Å²) in [7, 11) is -3.98. The maximum atomic E-state index is 12.7. The quantitative estimate of drug-likeness (QED) is 0.797. The van der Waals surface area contributed by atoms with Crippen LogP contribution in [0, 0.1) is 6.92 Å². The Balaban J connectivity index is 2.10. The molecule has 140 valence electrons. The number of aromatic carboxylic acids is 1. The van der Waals surface area contributed by atoms with Crippen LogP contribution in [0.4, 0.5) is 13.2 Å². The highest BCUT2D eigenvalue weighted by Crippen LogP contribution is 2.29. The van der Waals surface area contributed by atoms with Gasteiger partial charge in [-0.15, -0.1) is 0 Å². The Kier molecular flexibility index (Phi) is 5.72. The van der Waals surface area contributed by atoms with E-state index < -0.39 is 27.7 Å². The van der Waals surface area contributed by atoms with E-state index in [1.54, 1.807) is 6.92 Å². The monoisotopic (exact) mass is 387 g/mol. The molecule has 2 aromatic rings. The molecule has 2 rings (SSSR count). The van der Waals surface area contributed by atoms with Gasteiger partial charge in [-0.3, -0.25) is 0 Å². The van der Waals surface area contributed by atoms with Crippen molar-refractivity contribution in [3.8, 4) is 0 Å². The summed E-state index contributed by atoms with van der Waals surface area (Å²) in [5, 5.41) is 9.07. The standard InChI is InChI=1S/C17H16F3NO4S/c1-11-5-6-14(10-15(11)16(22)23)26(24,25)21-8-7-12-3-2-4-13(9-12)17(18,19)20/h2-6,9-10,21H,7-8H2,1H3,(H,22,23). The van der Waals surface area contributed by atoms with Crippen molar-refractivity contribution in [1.29, 1.82) is 0 Å². The Hall–Kier alpha value is -2.39. The van der Waals surface area contributed by atoms with Crippen LogP contribution < -0.4 is 4.72 Å². The number of hydrogen-bond acceptors (Lipinski definition) is 3. The Morgan fingerprint density at radius 1 is 1.15 bits per heavy atom. The molecular formula is C17H16F3NO4S. The molecule has 0 saturated heterocycles. The number of sulfonamides is 1. The van der Waals surface area contributed by atoms with E-state index in [0.717, 1.165) is 18.2 Å². The summed E-state index contributed by atoms with van der Waals surface area (Å²) in [6.07, 6.45) is -4.41. The molecular weight excluding hydrogens is 371 g/mol. The molecule has 0 unspecified atom stereocenters. The number of aryl methyl sites for hydroxylation is 1. The molecule has 0 aliphatic carbocycles. The molecule has 26 heavy (non-hydrogen) atoms. The Morgan fingerprint density at radius 2 is 1.85 bits per heavy atom. The highest BCUT2D eigenvalue weighted by Gasteiger charge is 2.30. The first-order valence-electron chi connectivity index (χ1n) is 7.50. The van der Waals surface area contributed by atoms with E-state index in [1.165, 1.54) is 24.3 Å². The molecule has 0 spiro atoms. The van der Waals surface area contributed by atoms with E-state index >= 15 is 0 Å². The first kappa shape index (κ1) is 19.9. The lowest BCUT2D eigenvalue weighted by Gasteiger charge is -2.10. The lowest BCUT2D eigenvalue weighted by atomic mass is 10.1. The van der Waals surface area contributed by atoms with Crippen molar-refractivity contribution in [2.45, 2.75) is 24.4 Å². The van der Waals surface area contributed by atoms with Crippen LogP contribution in [0.2, 0.25) is 0 Å². The van der Waals surface area contributed by atoms with Gasteiger partial charge in [0, 0.05) is 6.54 Å². The molecule has 9 heteroatoms. The van der Waals surface area contributed by atoms with Gasteiger partial charge in [0.25, 0.3) is 0 Å². The fourth-order valence-electron chi connectivity index (χ4n) is 2.31. The van der Waals surface area contributed by atoms with Crippen molar-refractivity contribution < 1.29 is 31.5 Å². The van der Waals surface area contributed by atoms with Gasteiger partial charge in [-0.1, -0.05) is 24.3 Å². The van der Waals surface area contributed by atoms with E-state index in [1.807, 2.05) is 0 Å². The van der Waals surface area contributed by atoms with Crippen LogP contribution in [-0.2, 0) is 22.6 Å². The Labute approximate surface area is 148 Å². The van der Waals surface area contributed by atoms with E-state index in [9.17, 15) is 26.4 Å². The number of halogens is 3. The molecule has 0 radical (unpaired) electrons. The van der Waals surface area contributed by atoms with Crippen molar-refractivity contribution in [2.24, 2.45) is 0 Å². The number of benzene rings is 2. The van der Waals surface area contributed by atoms with Gasteiger partial charge in [0.1, 0.15) is 0 Å². The molecule has 0 aromatic heterocycles. The smallest absolute Gasteiger partial charge is 0.416 e. The third-order valence-electron chi connectivity index (χ3n) is 3.71. The van der Waals surface area contributed by atoms with E-state index in [-0.39, 0.29) is 23.4 Å². The number of nitrogens with one attached hydrogen (secondary N) is 1. The van der Waals surface area contributed by atoms with Gasteiger partial charge in [-0.05, 0) is 42.7 Å². The minimum Gasteiger partial charge on any atom is -0.478 e. The van der Waals surface area contributed by atoms with Crippen LogP contribution in [0.15, 0.2) is 47.4 Å². The zero-order chi connectivity index (χ0) is 19.5.